The maximum atomic E-state index is 5.91. The van der Waals surface area contributed by atoms with Crippen molar-refractivity contribution in [3.8, 4) is 0 Å². The highest BCUT2D eigenvalue weighted by atomic mass is 79.9. The minimum atomic E-state index is 0.567. The molecule has 1 aromatic carbocycles. The van der Waals surface area contributed by atoms with E-state index in [9.17, 15) is 0 Å². The smallest absolute Gasteiger partial charge is 0.209 e. The summed E-state index contributed by atoms with van der Waals surface area (Å²) in [5, 5.41) is 2.08. The Bertz CT molecular complexity index is 487. The fraction of sp³-hybridized carbons (Fsp3) is 0.111. The zero-order chi connectivity index (χ0) is 10.8. The van der Waals surface area contributed by atoms with Crippen LogP contribution in [0.3, 0.4) is 0 Å². The lowest BCUT2D eigenvalue weighted by Gasteiger charge is -1.99. The van der Waals surface area contributed by atoms with E-state index in [0.717, 1.165) is 17.0 Å². The molecule has 0 aliphatic carbocycles. The molecule has 78 valence electrons. The molecule has 0 radical (unpaired) electrons. The van der Waals surface area contributed by atoms with Crippen LogP contribution in [0.5, 0.6) is 0 Å². The summed E-state index contributed by atoms with van der Waals surface area (Å²) >= 11 is 16.3. The molecule has 1 heterocycles. The Morgan fingerprint density at radius 3 is 2.67 bits per heavy atom. The molecule has 1 aromatic heterocycles. The van der Waals surface area contributed by atoms with E-state index in [-0.39, 0.29) is 0 Å². The Morgan fingerprint density at radius 1 is 1.27 bits per heavy atom. The number of aromatic nitrogens is 2. The van der Waals surface area contributed by atoms with Crippen LogP contribution in [0, 0.1) is 0 Å². The summed E-state index contributed by atoms with van der Waals surface area (Å²) in [6.07, 6.45) is 0.722. The fourth-order valence-electron chi connectivity index (χ4n) is 1.13. The highest BCUT2D eigenvalue weighted by molar-refractivity contribution is 9.10. The van der Waals surface area contributed by atoms with Crippen molar-refractivity contribution in [1.82, 2.24) is 9.36 Å². The molecule has 2 nitrogen and oxygen atoms in total. The summed E-state index contributed by atoms with van der Waals surface area (Å²) in [7, 11) is 0. The van der Waals surface area contributed by atoms with Crippen LogP contribution in [0.4, 0.5) is 0 Å². The second-order valence-corrected chi connectivity index (χ2v) is 5.24. The molecule has 0 bridgehead atoms. The third kappa shape index (κ3) is 2.91. The van der Waals surface area contributed by atoms with E-state index < -0.39 is 0 Å². The van der Waals surface area contributed by atoms with Crippen molar-refractivity contribution >= 4 is 50.7 Å². The summed E-state index contributed by atoms with van der Waals surface area (Å²) in [5.41, 5.74) is 1.08. The first kappa shape index (κ1) is 11.3. The SMILES string of the molecule is Clc1ccc(Cc2nc(Br)ns2)cc1Cl. The monoisotopic (exact) mass is 322 g/mol. The van der Waals surface area contributed by atoms with Crippen LogP contribution in [0.1, 0.15) is 10.6 Å². The van der Waals surface area contributed by atoms with Crippen LogP contribution in [0.25, 0.3) is 0 Å². The highest BCUT2D eigenvalue weighted by Gasteiger charge is 2.04. The molecular weight excluding hydrogens is 319 g/mol. The van der Waals surface area contributed by atoms with E-state index in [1.165, 1.54) is 11.5 Å². The van der Waals surface area contributed by atoms with Crippen molar-refractivity contribution in [2.24, 2.45) is 0 Å². The van der Waals surface area contributed by atoms with Crippen LogP contribution < -0.4 is 0 Å². The number of hydrogen-bond donors (Lipinski definition) is 0. The molecular formula is C9H5BrCl2N2S. The Morgan fingerprint density at radius 2 is 2.07 bits per heavy atom. The lowest BCUT2D eigenvalue weighted by atomic mass is 10.2. The van der Waals surface area contributed by atoms with Crippen LogP contribution in [0.2, 0.25) is 10.0 Å². The van der Waals surface area contributed by atoms with Gasteiger partial charge in [-0.15, -0.1) is 0 Å². The minimum Gasteiger partial charge on any atom is -0.214 e. The van der Waals surface area contributed by atoms with Gasteiger partial charge in [0.25, 0.3) is 0 Å². The lowest BCUT2D eigenvalue weighted by Crippen LogP contribution is -1.86. The van der Waals surface area contributed by atoms with Gasteiger partial charge in [0.05, 0.1) is 10.0 Å². The largest absolute Gasteiger partial charge is 0.214 e. The lowest BCUT2D eigenvalue weighted by molar-refractivity contribution is 1.11. The van der Waals surface area contributed by atoms with Gasteiger partial charge in [-0.25, -0.2) is 4.98 Å². The van der Waals surface area contributed by atoms with Crippen molar-refractivity contribution in [3.05, 3.63) is 43.5 Å². The Hall–Kier alpha value is -0.160. The predicted octanol–water partition coefficient (Wildman–Crippen LogP) is 4.20. The number of nitrogens with zero attached hydrogens (tertiary/aromatic N) is 2. The van der Waals surface area contributed by atoms with Crippen LogP contribution in [-0.2, 0) is 6.42 Å². The van der Waals surface area contributed by atoms with E-state index in [1.54, 1.807) is 6.07 Å². The standard InChI is InChI=1S/C9H5BrCl2N2S/c10-9-13-8(15-14-9)4-5-1-2-6(11)7(12)3-5/h1-3H,4H2. The number of benzene rings is 1. The average Bonchev–Trinajstić information content (AvgIpc) is 2.58. The Balaban J connectivity index is 2.21. The van der Waals surface area contributed by atoms with Gasteiger partial charge in [0.1, 0.15) is 5.01 Å². The van der Waals surface area contributed by atoms with E-state index in [0.29, 0.717) is 14.8 Å². The molecule has 0 unspecified atom stereocenters. The van der Waals surface area contributed by atoms with E-state index >= 15 is 0 Å². The number of rotatable bonds is 2. The maximum absolute atomic E-state index is 5.91. The summed E-state index contributed by atoms with van der Waals surface area (Å²) < 4.78 is 4.67. The Kier molecular flexibility index (Phi) is 3.61. The van der Waals surface area contributed by atoms with Crippen molar-refractivity contribution in [3.63, 3.8) is 0 Å². The van der Waals surface area contributed by atoms with Crippen LogP contribution in [0.15, 0.2) is 22.9 Å². The summed E-state index contributed by atoms with van der Waals surface area (Å²) in [6, 6.07) is 5.57. The summed E-state index contributed by atoms with van der Waals surface area (Å²) in [6.45, 7) is 0. The quantitative estimate of drug-likeness (QED) is 0.827. The van der Waals surface area contributed by atoms with Gasteiger partial charge in [-0.05, 0) is 45.2 Å². The van der Waals surface area contributed by atoms with Crippen LogP contribution >= 0.6 is 50.7 Å². The van der Waals surface area contributed by atoms with E-state index in [2.05, 4.69) is 25.3 Å². The topological polar surface area (TPSA) is 25.8 Å². The van der Waals surface area contributed by atoms with Gasteiger partial charge < -0.3 is 0 Å². The second kappa shape index (κ2) is 4.78. The zero-order valence-electron chi connectivity index (χ0n) is 7.38. The first-order valence-electron chi connectivity index (χ1n) is 4.07. The number of hydrogen-bond acceptors (Lipinski definition) is 3. The maximum Gasteiger partial charge on any atom is 0.209 e. The highest BCUT2D eigenvalue weighted by Crippen LogP contribution is 2.24. The molecule has 0 aliphatic rings. The van der Waals surface area contributed by atoms with Gasteiger partial charge >= 0.3 is 0 Å². The molecule has 15 heavy (non-hydrogen) atoms. The third-order valence-electron chi connectivity index (χ3n) is 1.78. The minimum absolute atomic E-state index is 0.567. The second-order valence-electron chi connectivity index (χ2n) is 2.88. The first-order chi connectivity index (χ1) is 7.15. The van der Waals surface area contributed by atoms with Gasteiger partial charge in [0, 0.05) is 6.42 Å². The van der Waals surface area contributed by atoms with Gasteiger partial charge in [-0.1, -0.05) is 29.3 Å². The molecule has 0 saturated carbocycles. The molecule has 0 spiro atoms. The predicted molar refractivity (Wildman–Crippen MR) is 66.9 cm³/mol. The molecule has 2 aromatic rings. The number of halogens is 3. The van der Waals surface area contributed by atoms with Crippen molar-refractivity contribution < 1.29 is 0 Å². The third-order valence-corrected chi connectivity index (χ3v) is 3.82. The van der Waals surface area contributed by atoms with Crippen LogP contribution in [-0.4, -0.2) is 9.36 Å². The van der Waals surface area contributed by atoms with E-state index in [1.807, 2.05) is 12.1 Å². The average molecular weight is 324 g/mol. The molecule has 0 atom stereocenters. The molecule has 0 amide bonds. The summed E-state index contributed by atoms with van der Waals surface area (Å²) in [4.78, 5) is 4.21. The normalized spacial score (nSPS) is 10.6. The molecule has 0 saturated heterocycles. The van der Waals surface area contributed by atoms with Crippen molar-refractivity contribution in [2.45, 2.75) is 6.42 Å². The molecule has 0 fully saturated rings. The molecule has 0 N–H and O–H groups in total. The van der Waals surface area contributed by atoms with Crippen molar-refractivity contribution in [2.75, 3.05) is 0 Å². The first-order valence-corrected chi connectivity index (χ1v) is 6.39. The van der Waals surface area contributed by atoms with Gasteiger partial charge in [-0.3, -0.25) is 0 Å². The molecule has 2 rings (SSSR count). The van der Waals surface area contributed by atoms with E-state index in [4.69, 9.17) is 23.2 Å². The summed E-state index contributed by atoms with van der Waals surface area (Å²) in [5.74, 6) is 0. The zero-order valence-corrected chi connectivity index (χ0v) is 11.3. The fourth-order valence-corrected chi connectivity index (χ4v) is 2.58. The van der Waals surface area contributed by atoms with Gasteiger partial charge in [0.15, 0.2) is 0 Å². The molecule has 6 heteroatoms. The van der Waals surface area contributed by atoms with Gasteiger partial charge in [-0.2, -0.15) is 4.37 Å². The van der Waals surface area contributed by atoms with Gasteiger partial charge in [0.2, 0.25) is 4.73 Å². The van der Waals surface area contributed by atoms with Crippen molar-refractivity contribution in [1.29, 1.82) is 0 Å². The molecule has 0 aliphatic heterocycles. The Labute approximate surface area is 110 Å².